The molecule has 0 aliphatic heterocycles. The van der Waals surface area contributed by atoms with Crippen LogP contribution in [-0.4, -0.2) is 10.9 Å². The maximum absolute atomic E-state index is 12.7. The van der Waals surface area contributed by atoms with Gasteiger partial charge in [0.15, 0.2) is 0 Å². The number of hydrogen-bond donors (Lipinski definition) is 1. The van der Waals surface area contributed by atoms with Crippen molar-refractivity contribution in [1.29, 1.82) is 0 Å². The van der Waals surface area contributed by atoms with Crippen LogP contribution >= 0.6 is 0 Å². The third kappa shape index (κ3) is 3.64. The molecule has 2 rings (SSSR count). The SMILES string of the molecule is C=CC(=O)Nc1ccc(Oc2ccc(F)cc2)cn1. The van der Waals surface area contributed by atoms with Gasteiger partial charge in [0.2, 0.25) is 5.91 Å². The Hall–Kier alpha value is -2.69. The molecule has 19 heavy (non-hydrogen) atoms. The molecule has 96 valence electrons. The Morgan fingerprint density at radius 3 is 2.47 bits per heavy atom. The first-order valence-electron chi connectivity index (χ1n) is 5.50. The van der Waals surface area contributed by atoms with Gasteiger partial charge in [0.05, 0.1) is 6.20 Å². The van der Waals surface area contributed by atoms with Crippen molar-refractivity contribution in [3.05, 3.63) is 61.1 Å². The number of pyridine rings is 1. The van der Waals surface area contributed by atoms with Crippen molar-refractivity contribution in [3.63, 3.8) is 0 Å². The number of halogens is 1. The number of benzene rings is 1. The van der Waals surface area contributed by atoms with Crippen LogP contribution in [0.3, 0.4) is 0 Å². The molecule has 5 heteroatoms. The van der Waals surface area contributed by atoms with Gasteiger partial charge in [-0.2, -0.15) is 0 Å². The van der Waals surface area contributed by atoms with Crippen LogP contribution in [-0.2, 0) is 4.79 Å². The van der Waals surface area contributed by atoms with Gasteiger partial charge in [-0.15, -0.1) is 0 Å². The molecular weight excluding hydrogens is 247 g/mol. The van der Waals surface area contributed by atoms with Gasteiger partial charge in [-0.3, -0.25) is 4.79 Å². The fraction of sp³-hybridized carbons (Fsp3) is 0. The predicted octanol–water partition coefficient (Wildman–Crippen LogP) is 3.14. The number of rotatable bonds is 4. The first kappa shape index (κ1) is 12.8. The number of anilines is 1. The van der Waals surface area contributed by atoms with Crippen LogP contribution in [0.15, 0.2) is 55.3 Å². The number of nitrogens with zero attached hydrogens (tertiary/aromatic N) is 1. The van der Waals surface area contributed by atoms with E-state index in [1.54, 1.807) is 12.1 Å². The number of carbonyl (C=O) groups is 1. The summed E-state index contributed by atoms with van der Waals surface area (Å²) < 4.78 is 18.2. The molecule has 0 aliphatic carbocycles. The van der Waals surface area contributed by atoms with Crippen LogP contribution in [0, 0.1) is 5.82 Å². The molecule has 1 aromatic carbocycles. The number of hydrogen-bond acceptors (Lipinski definition) is 3. The molecule has 0 fully saturated rings. The highest BCUT2D eigenvalue weighted by molar-refractivity contribution is 5.98. The van der Waals surface area contributed by atoms with Crippen molar-refractivity contribution in [1.82, 2.24) is 4.98 Å². The molecule has 2 aromatic rings. The molecule has 1 amide bonds. The first-order valence-corrected chi connectivity index (χ1v) is 5.50. The van der Waals surface area contributed by atoms with Gasteiger partial charge in [-0.25, -0.2) is 9.37 Å². The van der Waals surface area contributed by atoms with E-state index < -0.39 is 0 Å². The summed E-state index contributed by atoms with van der Waals surface area (Å²) in [5.74, 6) is 0.735. The summed E-state index contributed by atoms with van der Waals surface area (Å²) in [4.78, 5) is 15.1. The van der Waals surface area contributed by atoms with Gasteiger partial charge in [-0.1, -0.05) is 6.58 Å². The lowest BCUT2D eigenvalue weighted by molar-refractivity contribution is -0.111. The smallest absolute Gasteiger partial charge is 0.248 e. The lowest BCUT2D eigenvalue weighted by atomic mass is 10.3. The molecule has 1 N–H and O–H groups in total. The molecule has 0 spiro atoms. The summed E-state index contributed by atoms with van der Waals surface area (Å²) in [6, 6.07) is 8.89. The van der Waals surface area contributed by atoms with Crippen LogP contribution in [0.1, 0.15) is 0 Å². The molecule has 1 heterocycles. The lowest BCUT2D eigenvalue weighted by Crippen LogP contribution is -2.08. The number of nitrogens with one attached hydrogen (secondary N) is 1. The summed E-state index contributed by atoms with van der Waals surface area (Å²) in [7, 11) is 0. The molecule has 0 saturated heterocycles. The van der Waals surface area contributed by atoms with Gasteiger partial charge in [0.25, 0.3) is 0 Å². The van der Waals surface area contributed by atoms with Gasteiger partial charge < -0.3 is 10.1 Å². The maximum atomic E-state index is 12.7. The second kappa shape index (κ2) is 5.77. The Kier molecular flexibility index (Phi) is 3.87. The van der Waals surface area contributed by atoms with Crippen molar-refractivity contribution in [3.8, 4) is 11.5 Å². The highest BCUT2D eigenvalue weighted by atomic mass is 19.1. The highest BCUT2D eigenvalue weighted by Crippen LogP contribution is 2.21. The topological polar surface area (TPSA) is 51.2 Å². The minimum absolute atomic E-state index is 0.326. The summed E-state index contributed by atoms with van der Waals surface area (Å²) >= 11 is 0. The van der Waals surface area contributed by atoms with Crippen molar-refractivity contribution < 1.29 is 13.9 Å². The Morgan fingerprint density at radius 1 is 1.21 bits per heavy atom. The molecular formula is C14H11FN2O2. The van der Waals surface area contributed by atoms with E-state index in [2.05, 4.69) is 16.9 Å². The van der Waals surface area contributed by atoms with Crippen LogP contribution in [0.5, 0.6) is 11.5 Å². The van der Waals surface area contributed by atoms with Crippen molar-refractivity contribution in [2.45, 2.75) is 0 Å². The second-order valence-corrected chi connectivity index (χ2v) is 3.63. The summed E-state index contributed by atoms with van der Waals surface area (Å²) in [5.41, 5.74) is 0. The number of ether oxygens (including phenoxy) is 1. The number of aromatic nitrogens is 1. The molecule has 0 unspecified atom stereocenters. The number of amides is 1. The molecule has 0 aliphatic rings. The third-order valence-corrected chi connectivity index (χ3v) is 2.22. The van der Waals surface area contributed by atoms with E-state index in [1.165, 1.54) is 30.5 Å². The monoisotopic (exact) mass is 258 g/mol. The first-order chi connectivity index (χ1) is 9.17. The van der Waals surface area contributed by atoms with E-state index in [-0.39, 0.29) is 11.7 Å². The fourth-order valence-corrected chi connectivity index (χ4v) is 1.33. The van der Waals surface area contributed by atoms with E-state index >= 15 is 0 Å². The average molecular weight is 258 g/mol. The van der Waals surface area contributed by atoms with Crippen molar-refractivity contribution in [2.24, 2.45) is 0 Å². The van der Waals surface area contributed by atoms with E-state index in [4.69, 9.17) is 4.74 Å². The Bertz CT molecular complexity index is 579. The zero-order valence-electron chi connectivity index (χ0n) is 9.97. The lowest BCUT2D eigenvalue weighted by Gasteiger charge is -2.06. The van der Waals surface area contributed by atoms with Crippen molar-refractivity contribution >= 4 is 11.7 Å². The van der Waals surface area contributed by atoms with Crippen LogP contribution < -0.4 is 10.1 Å². The molecule has 0 atom stereocenters. The highest BCUT2D eigenvalue weighted by Gasteiger charge is 2.01. The van der Waals surface area contributed by atoms with Gasteiger partial charge >= 0.3 is 0 Å². The molecule has 0 saturated carbocycles. The largest absolute Gasteiger partial charge is 0.456 e. The Morgan fingerprint density at radius 2 is 1.89 bits per heavy atom. The van der Waals surface area contributed by atoms with Gasteiger partial charge in [-0.05, 0) is 42.5 Å². The van der Waals surface area contributed by atoms with Crippen LogP contribution in [0.2, 0.25) is 0 Å². The van der Waals surface area contributed by atoms with E-state index in [1.807, 2.05) is 0 Å². The molecule has 0 radical (unpaired) electrons. The zero-order valence-corrected chi connectivity index (χ0v) is 9.97. The number of carbonyl (C=O) groups excluding carboxylic acids is 1. The van der Waals surface area contributed by atoms with Crippen LogP contribution in [0.4, 0.5) is 10.2 Å². The zero-order chi connectivity index (χ0) is 13.7. The minimum atomic E-state index is -0.334. The Labute approximate surface area is 109 Å². The summed E-state index contributed by atoms with van der Waals surface area (Å²) in [6.45, 7) is 3.34. The standard InChI is InChI=1S/C14H11FN2O2/c1-2-14(18)17-13-8-7-12(9-16-13)19-11-5-3-10(15)4-6-11/h2-9H,1H2,(H,16,17,18). The summed E-state index contributed by atoms with van der Waals surface area (Å²) in [6.07, 6.45) is 2.62. The predicted molar refractivity (Wildman–Crippen MR) is 69.5 cm³/mol. The third-order valence-electron chi connectivity index (χ3n) is 2.22. The summed E-state index contributed by atoms with van der Waals surface area (Å²) in [5, 5.41) is 2.52. The maximum Gasteiger partial charge on any atom is 0.248 e. The normalized spacial score (nSPS) is 9.74. The molecule has 4 nitrogen and oxygen atoms in total. The minimum Gasteiger partial charge on any atom is -0.456 e. The van der Waals surface area contributed by atoms with E-state index in [0.717, 1.165) is 6.08 Å². The van der Waals surface area contributed by atoms with Crippen molar-refractivity contribution in [2.75, 3.05) is 5.32 Å². The van der Waals surface area contributed by atoms with E-state index in [0.29, 0.717) is 17.3 Å². The molecule has 1 aromatic heterocycles. The Balaban J connectivity index is 2.04. The van der Waals surface area contributed by atoms with Gasteiger partial charge in [0.1, 0.15) is 23.1 Å². The molecule has 0 bridgehead atoms. The fourth-order valence-electron chi connectivity index (χ4n) is 1.33. The average Bonchev–Trinajstić information content (AvgIpc) is 2.43. The quantitative estimate of drug-likeness (QED) is 0.857. The second-order valence-electron chi connectivity index (χ2n) is 3.63. The van der Waals surface area contributed by atoms with E-state index in [9.17, 15) is 9.18 Å². The van der Waals surface area contributed by atoms with Gasteiger partial charge in [0, 0.05) is 0 Å². The van der Waals surface area contributed by atoms with Crippen LogP contribution in [0.25, 0.3) is 0 Å².